The summed E-state index contributed by atoms with van der Waals surface area (Å²) in [6.45, 7) is 3.09. The number of hydrogen-bond acceptors (Lipinski definition) is 4. The van der Waals surface area contributed by atoms with Crippen molar-refractivity contribution in [3.05, 3.63) is 21.6 Å². The van der Waals surface area contributed by atoms with Crippen molar-refractivity contribution < 1.29 is 18.3 Å². The molecule has 0 aliphatic heterocycles. The molecule has 114 valence electrons. The Morgan fingerprint density at radius 1 is 1.50 bits per heavy atom. The first kappa shape index (κ1) is 17.7. The van der Waals surface area contributed by atoms with Gasteiger partial charge in [0.2, 0.25) is 10.0 Å². The van der Waals surface area contributed by atoms with Crippen LogP contribution < -0.4 is 9.46 Å². The fourth-order valence-corrected chi connectivity index (χ4v) is 4.39. The fraction of sp³-hybridized carbons (Fsp3) is 0.500. The summed E-state index contributed by atoms with van der Waals surface area (Å²) in [6.07, 6.45) is 0.437. The molecule has 0 heterocycles. The summed E-state index contributed by atoms with van der Waals surface area (Å²) in [7, 11) is -2.51. The lowest BCUT2D eigenvalue weighted by atomic mass is 10.0. The molecule has 0 aliphatic carbocycles. The molecule has 0 spiro atoms. The predicted octanol–water partition coefficient (Wildman–Crippen LogP) is 2.55. The number of aliphatic hydroxyl groups is 1. The van der Waals surface area contributed by atoms with E-state index in [2.05, 4.69) is 20.7 Å². The quantitative estimate of drug-likeness (QED) is 0.788. The zero-order chi connectivity index (χ0) is 15.6. The number of benzene rings is 1. The van der Waals surface area contributed by atoms with Crippen LogP contribution in [0.5, 0.6) is 5.75 Å². The molecular weight excluding hydrogens is 370 g/mol. The third kappa shape index (κ3) is 3.85. The number of ether oxygens (including phenoxy) is 1. The van der Waals surface area contributed by atoms with E-state index in [0.29, 0.717) is 10.9 Å². The van der Waals surface area contributed by atoms with Gasteiger partial charge in [0.05, 0.1) is 23.7 Å². The minimum absolute atomic E-state index is 0.0764. The van der Waals surface area contributed by atoms with Crippen molar-refractivity contribution in [1.29, 1.82) is 0 Å². The van der Waals surface area contributed by atoms with Gasteiger partial charge in [-0.25, -0.2) is 13.1 Å². The molecular formula is C12H17BrClNO4S. The van der Waals surface area contributed by atoms with Gasteiger partial charge >= 0.3 is 0 Å². The topological polar surface area (TPSA) is 75.6 Å². The Balaban J connectivity index is 3.36. The Labute approximate surface area is 132 Å². The standard InChI is InChI=1S/C12H17BrClNO4S/c1-4-12(2,7-16)15-20(17,18)10-6-8(14)5-9(13)11(10)19-3/h5-6,15-16H,4,7H2,1-3H3. The van der Waals surface area contributed by atoms with E-state index < -0.39 is 15.6 Å². The molecule has 1 atom stereocenters. The van der Waals surface area contributed by atoms with E-state index in [4.69, 9.17) is 16.3 Å². The van der Waals surface area contributed by atoms with Gasteiger partial charge in [-0.05, 0) is 41.4 Å². The van der Waals surface area contributed by atoms with Gasteiger partial charge in [0.1, 0.15) is 4.90 Å². The molecule has 0 aliphatic rings. The summed E-state index contributed by atoms with van der Waals surface area (Å²) in [5.41, 5.74) is -0.946. The normalized spacial score (nSPS) is 14.9. The minimum Gasteiger partial charge on any atom is -0.494 e. The lowest BCUT2D eigenvalue weighted by Gasteiger charge is -2.27. The minimum atomic E-state index is -3.88. The van der Waals surface area contributed by atoms with Gasteiger partial charge in [0, 0.05) is 5.02 Å². The highest BCUT2D eigenvalue weighted by Gasteiger charge is 2.31. The first-order valence-corrected chi connectivity index (χ1v) is 8.52. The Morgan fingerprint density at radius 3 is 2.55 bits per heavy atom. The van der Waals surface area contributed by atoms with Gasteiger partial charge in [0.25, 0.3) is 0 Å². The molecule has 0 fully saturated rings. The summed E-state index contributed by atoms with van der Waals surface area (Å²) in [4.78, 5) is -0.0764. The molecule has 1 aromatic carbocycles. The van der Waals surface area contributed by atoms with E-state index >= 15 is 0 Å². The second-order valence-electron chi connectivity index (χ2n) is 4.60. The van der Waals surface area contributed by atoms with Crippen LogP contribution in [0.3, 0.4) is 0 Å². The molecule has 1 aromatic rings. The number of rotatable bonds is 6. The molecule has 8 heteroatoms. The fourth-order valence-electron chi connectivity index (χ4n) is 1.53. The zero-order valence-corrected chi connectivity index (χ0v) is 14.6. The number of methoxy groups -OCH3 is 1. The van der Waals surface area contributed by atoms with Crippen LogP contribution >= 0.6 is 27.5 Å². The molecule has 1 rings (SSSR count). The van der Waals surface area contributed by atoms with E-state index in [-0.39, 0.29) is 22.3 Å². The smallest absolute Gasteiger partial charge is 0.244 e. The summed E-state index contributed by atoms with van der Waals surface area (Å²) in [6, 6.07) is 2.85. The van der Waals surface area contributed by atoms with Crippen molar-refractivity contribution in [2.24, 2.45) is 0 Å². The van der Waals surface area contributed by atoms with Crippen LogP contribution in [-0.4, -0.2) is 32.8 Å². The molecule has 0 amide bonds. The Hall–Kier alpha value is -0.340. The van der Waals surface area contributed by atoms with Crippen molar-refractivity contribution in [3.63, 3.8) is 0 Å². The van der Waals surface area contributed by atoms with Gasteiger partial charge < -0.3 is 9.84 Å². The van der Waals surface area contributed by atoms with Gasteiger partial charge in [-0.2, -0.15) is 0 Å². The predicted molar refractivity (Wildman–Crippen MR) is 81.8 cm³/mol. The number of aliphatic hydroxyl groups excluding tert-OH is 1. The van der Waals surface area contributed by atoms with Crippen molar-refractivity contribution in [3.8, 4) is 5.75 Å². The van der Waals surface area contributed by atoms with E-state index in [1.807, 2.05) is 0 Å². The maximum atomic E-state index is 12.5. The average Bonchev–Trinajstić information content (AvgIpc) is 2.37. The second kappa shape index (κ2) is 6.62. The average molecular weight is 387 g/mol. The second-order valence-corrected chi connectivity index (χ2v) is 7.54. The van der Waals surface area contributed by atoms with Crippen molar-refractivity contribution in [1.82, 2.24) is 4.72 Å². The Bertz CT molecular complexity index is 587. The van der Waals surface area contributed by atoms with Crippen LogP contribution in [0, 0.1) is 0 Å². The van der Waals surface area contributed by atoms with Gasteiger partial charge in [-0.1, -0.05) is 18.5 Å². The number of halogens is 2. The number of sulfonamides is 1. The first-order valence-electron chi connectivity index (χ1n) is 5.87. The summed E-state index contributed by atoms with van der Waals surface area (Å²) in [5.74, 6) is 0.165. The van der Waals surface area contributed by atoms with E-state index in [9.17, 15) is 13.5 Å². The van der Waals surface area contributed by atoms with Crippen molar-refractivity contribution >= 4 is 37.6 Å². The van der Waals surface area contributed by atoms with Crippen LogP contribution in [0.15, 0.2) is 21.5 Å². The molecule has 0 radical (unpaired) electrons. The van der Waals surface area contributed by atoms with Crippen LogP contribution in [0.25, 0.3) is 0 Å². The molecule has 20 heavy (non-hydrogen) atoms. The summed E-state index contributed by atoms with van der Waals surface area (Å²) >= 11 is 9.11. The molecule has 2 N–H and O–H groups in total. The summed E-state index contributed by atoms with van der Waals surface area (Å²) in [5, 5.41) is 9.60. The first-order chi connectivity index (χ1) is 9.19. The zero-order valence-electron chi connectivity index (χ0n) is 11.4. The highest BCUT2D eigenvalue weighted by Crippen LogP contribution is 2.35. The van der Waals surface area contributed by atoms with E-state index in [1.54, 1.807) is 19.9 Å². The van der Waals surface area contributed by atoms with Crippen LogP contribution in [0.1, 0.15) is 20.3 Å². The van der Waals surface area contributed by atoms with Crippen LogP contribution in [-0.2, 0) is 10.0 Å². The molecule has 0 saturated heterocycles. The third-order valence-electron chi connectivity index (χ3n) is 2.98. The highest BCUT2D eigenvalue weighted by molar-refractivity contribution is 9.10. The molecule has 5 nitrogen and oxygen atoms in total. The maximum Gasteiger partial charge on any atom is 0.244 e. The number of hydrogen-bond donors (Lipinski definition) is 2. The third-order valence-corrected chi connectivity index (χ3v) is 5.43. The monoisotopic (exact) mass is 385 g/mol. The largest absolute Gasteiger partial charge is 0.494 e. The van der Waals surface area contributed by atoms with Crippen molar-refractivity contribution in [2.75, 3.05) is 13.7 Å². The maximum absolute atomic E-state index is 12.5. The lowest BCUT2D eigenvalue weighted by Crippen LogP contribution is -2.48. The van der Waals surface area contributed by atoms with E-state index in [1.165, 1.54) is 13.2 Å². The molecule has 0 saturated carbocycles. The molecule has 0 bridgehead atoms. The molecule has 1 unspecified atom stereocenters. The SMILES string of the molecule is CCC(C)(CO)NS(=O)(=O)c1cc(Cl)cc(Br)c1OC. The Morgan fingerprint density at radius 2 is 2.10 bits per heavy atom. The van der Waals surface area contributed by atoms with Gasteiger partial charge in [-0.3, -0.25) is 0 Å². The van der Waals surface area contributed by atoms with Crippen LogP contribution in [0.2, 0.25) is 5.02 Å². The summed E-state index contributed by atoms with van der Waals surface area (Å²) < 4.78 is 33.0. The van der Waals surface area contributed by atoms with Crippen LogP contribution in [0.4, 0.5) is 0 Å². The number of nitrogens with one attached hydrogen (secondary N) is 1. The van der Waals surface area contributed by atoms with Gasteiger partial charge in [0.15, 0.2) is 5.75 Å². The Kier molecular flexibility index (Phi) is 5.86. The van der Waals surface area contributed by atoms with E-state index in [0.717, 1.165) is 0 Å². The molecule has 0 aromatic heterocycles. The van der Waals surface area contributed by atoms with Gasteiger partial charge in [-0.15, -0.1) is 0 Å². The van der Waals surface area contributed by atoms with Crippen molar-refractivity contribution in [2.45, 2.75) is 30.7 Å². The lowest BCUT2D eigenvalue weighted by molar-refractivity contribution is 0.191. The highest BCUT2D eigenvalue weighted by atomic mass is 79.9.